The highest BCUT2D eigenvalue weighted by Crippen LogP contribution is 2.31. The number of fused-ring (bicyclic) bond motifs is 1. The molecular formula is C24H21NO2. The van der Waals surface area contributed by atoms with Crippen LogP contribution < -0.4 is 4.74 Å². The minimum absolute atomic E-state index is 0.538. The number of carbonyl (C=O) groups excluding carboxylic acids is 1. The highest BCUT2D eigenvalue weighted by molar-refractivity contribution is 5.90. The number of aromatic nitrogens is 1. The summed E-state index contributed by atoms with van der Waals surface area (Å²) in [6, 6.07) is 22.3. The summed E-state index contributed by atoms with van der Waals surface area (Å²) in [6.07, 6.45) is 2.92. The maximum Gasteiger partial charge on any atom is 0.167 e. The predicted molar refractivity (Wildman–Crippen MR) is 108 cm³/mol. The average Bonchev–Trinajstić information content (AvgIpc) is 3.05. The number of hydrogen-bond acceptors (Lipinski definition) is 2. The monoisotopic (exact) mass is 355 g/mol. The number of rotatable bonds is 5. The van der Waals surface area contributed by atoms with Gasteiger partial charge >= 0.3 is 0 Å². The zero-order chi connectivity index (χ0) is 18.8. The van der Waals surface area contributed by atoms with E-state index in [1.807, 2.05) is 60.8 Å². The van der Waals surface area contributed by atoms with E-state index in [4.69, 9.17) is 4.74 Å². The lowest BCUT2D eigenvalue weighted by atomic mass is 10.0. The number of hydrogen-bond donors (Lipinski definition) is 0. The average molecular weight is 355 g/mol. The fourth-order valence-electron chi connectivity index (χ4n) is 3.36. The number of aryl methyl sites for hydroxylation is 2. The van der Waals surface area contributed by atoms with Crippen molar-refractivity contribution in [3.05, 3.63) is 95.3 Å². The summed E-state index contributed by atoms with van der Waals surface area (Å²) in [7, 11) is 0. The van der Waals surface area contributed by atoms with Crippen molar-refractivity contribution in [3.63, 3.8) is 0 Å². The predicted octanol–water partition coefficient (Wildman–Crippen LogP) is 5.61. The number of aldehydes is 1. The lowest BCUT2D eigenvalue weighted by molar-refractivity contribution is 0.111. The first-order chi connectivity index (χ1) is 13.2. The maximum absolute atomic E-state index is 11.8. The van der Waals surface area contributed by atoms with Crippen molar-refractivity contribution in [1.82, 2.24) is 4.40 Å². The van der Waals surface area contributed by atoms with Crippen LogP contribution in [0.4, 0.5) is 0 Å². The summed E-state index contributed by atoms with van der Waals surface area (Å²) in [5.74, 6) is 0.856. The Morgan fingerprint density at radius 2 is 1.78 bits per heavy atom. The first-order valence-corrected chi connectivity index (χ1v) is 9.00. The molecule has 0 atom stereocenters. The van der Waals surface area contributed by atoms with E-state index in [1.165, 1.54) is 0 Å². The van der Waals surface area contributed by atoms with Gasteiger partial charge in [-0.3, -0.25) is 4.79 Å². The van der Waals surface area contributed by atoms with Crippen molar-refractivity contribution in [2.75, 3.05) is 0 Å². The molecule has 27 heavy (non-hydrogen) atoms. The third kappa shape index (κ3) is 3.36. The van der Waals surface area contributed by atoms with Crippen LogP contribution >= 0.6 is 0 Å². The molecule has 0 N–H and O–H groups in total. The van der Waals surface area contributed by atoms with Crippen molar-refractivity contribution in [2.24, 2.45) is 0 Å². The van der Waals surface area contributed by atoms with Crippen LogP contribution in [0.5, 0.6) is 5.75 Å². The molecule has 3 nitrogen and oxygen atoms in total. The van der Waals surface area contributed by atoms with Gasteiger partial charge < -0.3 is 9.14 Å². The Morgan fingerprint density at radius 1 is 0.963 bits per heavy atom. The smallest absolute Gasteiger partial charge is 0.167 e. The zero-order valence-corrected chi connectivity index (χ0v) is 15.5. The Balaban J connectivity index is 1.66. The summed E-state index contributed by atoms with van der Waals surface area (Å²) < 4.78 is 7.92. The molecule has 2 aromatic heterocycles. The highest BCUT2D eigenvalue weighted by atomic mass is 16.5. The number of pyridine rings is 1. The lowest BCUT2D eigenvalue weighted by Gasteiger charge is -2.11. The maximum atomic E-state index is 11.8. The van der Waals surface area contributed by atoms with Crippen molar-refractivity contribution in [1.29, 1.82) is 0 Å². The Morgan fingerprint density at radius 3 is 2.52 bits per heavy atom. The minimum Gasteiger partial charge on any atom is -0.489 e. The van der Waals surface area contributed by atoms with Gasteiger partial charge in [-0.15, -0.1) is 0 Å². The molecule has 0 aliphatic heterocycles. The number of ether oxygens (including phenoxy) is 1. The molecule has 0 aliphatic rings. The van der Waals surface area contributed by atoms with Gasteiger partial charge in [0.15, 0.2) is 6.29 Å². The summed E-state index contributed by atoms with van der Waals surface area (Å²) in [6.45, 7) is 4.59. The van der Waals surface area contributed by atoms with Crippen LogP contribution in [0.15, 0.2) is 72.9 Å². The van der Waals surface area contributed by atoms with Gasteiger partial charge in [-0.25, -0.2) is 0 Å². The summed E-state index contributed by atoms with van der Waals surface area (Å²) in [5, 5.41) is 0. The molecule has 3 heteroatoms. The lowest BCUT2D eigenvalue weighted by Crippen LogP contribution is -1.97. The SMILES string of the molecule is Cc1ccc2cc(-c3ccc(OCc4ccccc4)c(C)c3)c(C=O)n2c1. The second-order valence-corrected chi connectivity index (χ2v) is 6.82. The fraction of sp³-hybridized carbons (Fsp3) is 0.125. The van der Waals surface area contributed by atoms with Crippen LogP contribution in [0.1, 0.15) is 27.2 Å². The van der Waals surface area contributed by atoms with Gasteiger partial charge in [0.05, 0.1) is 5.69 Å². The van der Waals surface area contributed by atoms with Crippen LogP contribution in [0, 0.1) is 13.8 Å². The molecule has 4 aromatic rings. The van der Waals surface area contributed by atoms with Gasteiger partial charge in [0.25, 0.3) is 0 Å². The molecule has 0 bridgehead atoms. The van der Waals surface area contributed by atoms with Gasteiger partial charge in [-0.2, -0.15) is 0 Å². The molecule has 0 radical (unpaired) electrons. The standard InChI is InChI=1S/C24H21NO2/c1-17-8-10-21-13-22(23(15-26)25(21)14-17)20-9-11-24(18(2)12-20)27-16-19-6-4-3-5-7-19/h3-15H,16H2,1-2H3. The molecule has 2 heterocycles. The van der Waals surface area contributed by atoms with Gasteiger partial charge in [0.1, 0.15) is 12.4 Å². The van der Waals surface area contributed by atoms with E-state index in [-0.39, 0.29) is 0 Å². The molecule has 134 valence electrons. The normalized spacial score (nSPS) is 10.9. The molecule has 0 saturated carbocycles. The van der Waals surface area contributed by atoms with E-state index in [2.05, 4.69) is 30.3 Å². The van der Waals surface area contributed by atoms with Crippen LogP contribution in [0.25, 0.3) is 16.6 Å². The van der Waals surface area contributed by atoms with Crippen LogP contribution in [-0.4, -0.2) is 10.7 Å². The summed E-state index contributed by atoms with van der Waals surface area (Å²) in [4.78, 5) is 11.8. The zero-order valence-electron chi connectivity index (χ0n) is 15.5. The van der Waals surface area contributed by atoms with Gasteiger partial charge in [-0.1, -0.05) is 42.5 Å². The number of benzene rings is 2. The second kappa shape index (κ2) is 7.12. The Kier molecular flexibility index (Phi) is 4.51. The minimum atomic E-state index is 0.538. The molecule has 4 rings (SSSR count). The van der Waals surface area contributed by atoms with Crippen LogP contribution in [-0.2, 0) is 6.61 Å². The topological polar surface area (TPSA) is 30.7 Å². The van der Waals surface area contributed by atoms with E-state index in [0.717, 1.165) is 45.4 Å². The second-order valence-electron chi connectivity index (χ2n) is 6.82. The molecule has 0 amide bonds. The van der Waals surface area contributed by atoms with Gasteiger partial charge in [0, 0.05) is 17.3 Å². The van der Waals surface area contributed by atoms with Gasteiger partial charge in [-0.05, 0) is 60.4 Å². The molecule has 0 aliphatic carbocycles. The molecule has 0 fully saturated rings. The Labute approximate surface area is 158 Å². The molecule has 0 spiro atoms. The highest BCUT2D eigenvalue weighted by Gasteiger charge is 2.13. The largest absolute Gasteiger partial charge is 0.489 e. The van der Waals surface area contributed by atoms with E-state index in [9.17, 15) is 4.79 Å². The Hall–Kier alpha value is -3.33. The van der Waals surface area contributed by atoms with Crippen molar-refractivity contribution in [2.45, 2.75) is 20.5 Å². The van der Waals surface area contributed by atoms with Gasteiger partial charge in [0.2, 0.25) is 0 Å². The van der Waals surface area contributed by atoms with E-state index in [0.29, 0.717) is 12.3 Å². The number of nitrogens with zero attached hydrogens (tertiary/aromatic N) is 1. The first kappa shape index (κ1) is 17.1. The summed E-state index contributed by atoms with van der Waals surface area (Å²) >= 11 is 0. The van der Waals surface area contributed by atoms with E-state index < -0.39 is 0 Å². The third-order valence-electron chi connectivity index (χ3n) is 4.79. The van der Waals surface area contributed by atoms with Crippen LogP contribution in [0.2, 0.25) is 0 Å². The fourth-order valence-corrected chi connectivity index (χ4v) is 3.36. The van der Waals surface area contributed by atoms with E-state index >= 15 is 0 Å². The van der Waals surface area contributed by atoms with Crippen molar-refractivity contribution >= 4 is 11.8 Å². The Bertz CT molecular complexity index is 1110. The molecule has 0 saturated heterocycles. The quantitative estimate of drug-likeness (QED) is 0.435. The molecular weight excluding hydrogens is 334 g/mol. The first-order valence-electron chi connectivity index (χ1n) is 9.00. The van der Waals surface area contributed by atoms with Crippen LogP contribution in [0.3, 0.4) is 0 Å². The summed E-state index contributed by atoms with van der Waals surface area (Å²) in [5.41, 5.74) is 6.95. The molecule has 0 unspecified atom stereocenters. The third-order valence-corrected chi connectivity index (χ3v) is 4.79. The van der Waals surface area contributed by atoms with E-state index in [1.54, 1.807) is 0 Å². The van der Waals surface area contributed by atoms with Crippen molar-refractivity contribution < 1.29 is 9.53 Å². The van der Waals surface area contributed by atoms with Crippen molar-refractivity contribution in [3.8, 4) is 16.9 Å². The molecule has 2 aromatic carbocycles. The number of carbonyl (C=O) groups is 1.